The van der Waals surface area contributed by atoms with Crippen LogP contribution in [0.2, 0.25) is 0 Å². The van der Waals surface area contributed by atoms with E-state index in [2.05, 4.69) is 23.2 Å². The van der Waals surface area contributed by atoms with Crippen LogP contribution in [-0.2, 0) is 9.47 Å². The molecule has 0 spiro atoms. The molecule has 1 unspecified atom stereocenters. The second kappa shape index (κ2) is 6.16. The molecular formula is C14H22N2O2. The Labute approximate surface area is 109 Å². The van der Waals surface area contributed by atoms with Crippen molar-refractivity contribution >= 4 is 6.72 Å². The first-order valence-corrected chi connectivity index (χ1v) is 6.50. The highest BCUT2D eigenvalue weighted by atomic mass is 16.5. The van der Waals surface area contributed by atoms with Gasteiger partial charge in [0.05, 0.1) is 20.3 Å². The van der Waals surface area contributed by atoms with Crippen LogP contribution in [0, 0.1) is 0 Å². The van der Waals surface area contributed by atoms with Crippen molar-refractivity contribution in [3.63, 3.8) is 0 Å². The minimum Gasteiger partial charge on any atom is -0.497 e. The summed E-state index contributed by atoms with van der Waals surface area (Å²) in [5, 5.41) is 0. The molecule has 1 fully saturated rings. The third kappa shape index (κ3) is 2.82. The SMILES string of the molecule is C=NC1=C(C(=C)OC)CC(N2CCOCC2)CC1. The van der Waals surface area contributed by atoms with E-state index in [4.69, 9.17) is 9.47 Å². The third-order valence-electron chi connectivity index (χ3n) is 3.84. The van der Waals surface area contributed by atoms with E-state index >= 15 is 0 Å². The molecule has 1 aliphatic heterocycles. The Balaban J connectivity index is 2.08. The Morgan fingerprint density at radius 3 is 2.78 bits per heavy atom. The monoisotopic (exact) mass is 250 g/mol. The van der Waals surface area contributed by atoms with Crippen molar-refractivity contribution in [2.45, 2.75) is 25.3 Å². The summed E-state index contributed by atoms with van der Waals surface area (Å²) in [6.07, 6.45) is 3.05. The quantitative estimate of drug-likeness (QED) is 0.565. The standard InChI is InChI=1S/C14H22N2O2/c1-11(17-3)13-10-12(4-5-14(13)15-2)16-6-8-18-9-7-16/h12H,1-2,4-10H2,3H3. The number of hydrogen-bond donors (Lipinski definition) is 0. The molecule has 0 aromatic carbocycles. The van der Waals surface area contributed by atoms with Crippen LogP contribution in [0.3, 0.4) is 0 Å². The summed E-state index contributed by atoms with van der Waals surface area (Å²) in [5.74, 6) is 0.732. The molecule has 18 heavy (non-hydrogen) atoms. The zero-order valence-corrected chi connectivity index (χ0v) is 11.2. The number of methoxy groups -OCH3 is 1. The van der Waals surface area contributed by atoms with Gasteiger partial charge in [0.25, 0.3) is 0 Å². The number of allylic oxidation sites excluding steroid dienone is 2. The summed E-state index contributed by atoms with van der Waals surface area (Å²) >= 11 is 0. The van der Waals surface area contributed by atoms with E-state index in [9.17, 15) is 0 Å². The second-order valence-corrected chi connectivity index (χ2v) is 4.76. The summed E-state index contributed by atoms with van der Waals surface area (Å²) in [7, 11) is 1.66. The topological polar surface area (TPSA) is 34.1 Å². The minimum atomic E-state index is 0.557. The van der Waals surface area contributed by atoms with E-state index in [1.165, 1.54) is 0 Å². The Morgan fingerprint density at radius 1 is 1.44 bits per heavy atom. The van der Waals surface area contributed by atoms with Crippen molar-refractivity contribution in [2.24, 2.45) is 4.99 Å². The van der Waals surface area contributed by atoms with Crippen LogP contribution in [0.15, 0.2) is 28.6 Å². The van der Waals surface area contributed by atoms with Crippen LogP contribution in [0.25, 0.3) is 0 Å². The predicted molar refractivity (Wildman–Crippen MR) is 72.8 cm³/mol. The highest BCUT2D eigenvalue weighted by Gasteiger charge is 2.28. The molecule has 4 heteroatoms. The van der Waals surface area contributed by atoms with Crippen molar-refractivity contribution < 1.29 is 9.47 Å². The highest BCUT2D eigenvalue weighted by molar-refractivity contribution is 5.38. The van der Waals surface area contributed by atoms with Crippen LogP contribution in [-0.4, -0.2) is 51.1 Å². The van der Waals surface area contributed by atoms with Gasteiger partial charge < -0.3 is 9.47 Å². The fraction of sp³-hybridized carbons (Fsp3) is 0.643. The second-order valence-electron chi connectivity index (χ2n) is 4.76. The number of morpholine rings is 1. The highest BCUT2D eigenvalue weighted by Crippen LogP contribution is 2.32. The van der Waals surface area contributed by atoms with Crippen LogP contribution in [0.5, 0.6) is 0 Å². The van der Waals surface area contributed by atoms with E-state index in [0.29, 0.717) is 6.04 Å². The first kappa shape index (κ1) is 13.3. The molecule has 4 nitrogen and oxygen atoms in total. The molecular weight excluding hydrogens is 228 g/mol. The van der Waals surface area contributed by atoms with Crippen LogP contribution in [0.4, 0.5) is 0 Å². The zero-order valence-electron chi connectivity index (χ0n) is 11.2. The molecule has 2 rings (SSSR count). The van der Waals surface area contributed by atoms with Gasteiger partial charge in [0.2, 0.25) is 0 Å². The lowest BCUT2D eigenvalue weighted by molar-refractivity contribution is 0.0135. The minimum absolute atomic E-state index is 0.557. The largest absolute Gasteiger partial charge is 0.497 e. The van der Waals surface area contributed by atoms with Gasteiger partial charge in [0.15, 0.2) is 0 Å². The molecule has 0 amide bonds. The number of hydrogen-bond acceptors (Lipinski definition) is 4. The molecule has 0 aromatic heterocycles. The molecule has 0 aromatic rings. The van der Waals surface area contributed by atoms with Gasteiger partial charge in [-0.1, -0.05) is 6.58 Å². The van der Waals surface area contributed by atoms with Gasteiger partial charge in [-0.2, -0.15) is 0 Å². The van der Waals surface area contributed by atoms with Crippen LogP contribution < -0.4 is 0 Å². The number of nitrogens with zero attached hydrogens (tertiary/aromatic N) is 2. The first-order valence-electron chi connectivity index (χ1n) is 6.50. The van der Waals surface area contributed by atoms with Gasteiger partial charge in [-0.3, -0.25) is 9.89 Å². The van der Waals surface area contributed by atoms with E-state index in [1.807, 2.05) is 0 Å². The van der Waals surface area contributed by atoms with E-state index in [1.54, 1.807) is 7.11 Å². The molecule has 0 saturated carbocycles. The third-order valence-corrected chi connectivity index (χ3v) is 3.84. The number of aliphatic imine (C=N–C) groups is 1. The fourth-order valence-electron chi connectivity index (χ4n) is 2.74. The summed E-state index contributed by atoms with van der Waals surface area (Å²) in [4.78, 5) is 6.63. The van der Waals surface area contributed by atoms with Crippen LogP contribution in [0.1, 0.15) is 19.3 Å². The van der Waals surface area contributed by atoms with Crippen LogP contribution >= 0.6 is 0 Å². The Hall–Kier alpha value is -1.13. The summed E-state index contributed by atoms with van der Waals surface area (Å²) < 4.78 is 10.7. The van der Waals surface area contributed by atoms with Gasteiger partial charge >= 0.3 is 0 Å². The maximum Gasteiger partial charge on any atom is 0.116 e. The molecule has 1 heterocycles. The molecule has 1 aliphatic carbocycles. The molecule has 0 bridgehead atoms. The summed E-state index contributed by atoms with van der Waals surface area (Å²) in [6, 6.07) is 0.557. The molecule has 0 N–H and O–H groups in total. The van der Waals surface area contributed by atoms with Gasteiger partial charge in [0.1, 0.15) is 5.76 Å². The first-order chi connectivity index (χ1) is 8.76. The van der Waals surface area contributed by atoms with E-state index < -0.39 is 0 Å². The van der Waals surface area contributed by atoms with Gasteiger partial charge in [-0.05, 0) is 26.0 Å². The number of ether oxygens (including phenoxy) is 2. The average molecular weight is 250 g/mol. The van der Waals surface area contributed by atoms with Crippen molar-refractivity contribution in [3.05, 3.63) is 23.6 Å². The predicted octanol–water partition coefficient (Wildman–Crippen LogP) is 1.99. The van der Waals surface area contributed by atoms with Crippen molar-refractivity contribution in [1.29, 1.82) is 0 Å². The summed E-state index contributed by atoms with van der Waals surface area (Å²) in [5.41, 5.74) is 2.18. The molecule has 1 saturated heterocycles. The van der Waals surface area contributed by atoms with Crippen molar-refractivity contribution in [1.82, 2.24) is 4.90 Å². The number of rotatable bonds is 4. The maximum atomic E-state index is 5.40. The lowest BCUT2D eigenvalue weighted by Gasteiger charge is -2.37. The van der Waals surface area contributed by atoms with Crippen molar-refractivity contribution in [3.8, 4) is 0 Å². The molecule has 2 aliphatic rings. The Bertz CT molecular complexity index is 357. The smallest absolute Gasteiger partial charge is 0.116 e. The van der Waals surface area contributed by atoms with Crippen molar-refractivity contribution in [2.75, 3.05) is 33.4 Å². The molecule has 100 valence electrons. The lowest BCUT2D eigenvalue weighted by atomic mass is 9.90. The zero-order chi connectivity index (χ0) is 13.0. The average Bonchev–Trinajstić information content (AvgIpc) is 2.46. The summed E-state index contributed by atoms with van der Waals surface area (Å²) in [6.45, 7) is 11.3. The Kier molecular flexibility index (Phi) is 4.55. The molecule has 0 radical (unpaired) electrons. The fourth-order valence-corrected chi connectivity index (χ4v) is 2.74. The van der Waals surface area contributed by atoms with Gasteiger partial charge in [-0.25, -0.2) is 0 Å². The molecule has 1 atom stereocenters. The maximum absolute atomic E-state index is 5.40. The van der Waals surface area contributed by atoms with E-state index in [0.717, 1.165) is 62.6 Å². The van der Waals surface area contributed by atoms with Gasteiger partial charge in [0, 0.05) is 30.4 Å². The lowest BCUT2D eigenvalue weighted by Crippen LogP contribution is -2.44. The Morgan fingerprint density at radius 2 is 2.17 bits per heavy atom. The van der Waals surface area contributed by atoms with E-state index in [-0.39, 0.29) is 0 Å². The normalized spacial score (nSPS) is 25.9. The van der Waals surface area contributed by atoms with Gasteiger partial charge in [-0.15, -0.1) is 0 Å².